The molecule has 0 saturated carbocycles. The van der Waals surface area contributed by atoms with Gasteiger partial charge in [-0.2, -0.15) is 0 Å². The van der Waals surface area contributed by atoms with Crippen LogP contribution in [0.15, 0.2) is 6.07 Å². The average Bonchev–Trinajstić information content (AvgIpc) is 2.61. The molecule has 0 bridgehead atoms. The van der Waals surface area contributed by atoms with Crippen LogP contribution in [0.1, 0.15) is 29.0 Å². The van der Waals surface area contributed by atoms with Crippen molar-refractivity contribution in [2.75, 3.05) is 13.1 Å². The van der Waals surface area contributed by atoms with Gasteiger partial charge >= 0.3 is 0 Å². The topological polar surface area (TPSA) is 56.9 Å². The number of piperidine rings is 1. The summed E-state index contributed by atoms with van der Waals surface area (Å²) in [7, 11) is 0. The number of carbonyl (C=O) groups is 1. The first-order chi connectivity index (χ1) is 7.66. The van der Waals surface area contributed by atoms with Crippen LogP contribution in [0.3, 0.4) is 0 Å². The molecular formula is C11H16ClN3O. The van der Waals surface area contributed by atoms with Gasteiger partial charge in [-0.25, -0.2) is 0 Å². The van der Waals surface area contributed by atoms with Crippen LogP contribution in [0.25, 0.3) is 0 Å². The molecule has 1 fully saturated rings. The Hall–Kier alpha value is -1.00. The molecule has 0 aliphatic carbocycles. The lowest BCUT2D eigenvalue weighted by atomic mass is 10.1. The summed E-state index contributed by atoms with van der Waals surface area (Å²) in [6, 6.07) is 1.95. The van der Waals surface area contributed by atoms with Crippen LogP contribution in [-0.4, -0.2) is 30.0 Å². The van der Waals surface area contributed by atoms with Crippen molar-refractivity contribution in [2.45, 2.75) is 25.8 Å². The van der Waals surface area contributed by atoms with E-state index in [9.17, 15) is 4.79 Å². The maximum atomic E-state index is 11.9. The minimum atomic E-state index is -0.0677. The first-order valence-corrected chi connectivity index (χ1v) is 5.91. The predicted octanol–water partition coefficient (Wildman–Crippen LogP) is 1.46. The number of amides is 1. The number of aryl methyl sites for hydroxylation is 1. The molecule has 1 aliphatic heterocycles. The Morgan fingerprint density at radius 1 is 1.50 bits per heavy atom. The van der Waals surface area contributed by atoms with Crippen molar-refractivity contribution >= 4 is 17.5 Å². The Morgan fingerprint density at radius 2 is 2.19 bits per heavy atom. The number of aromatic nitrogens is 1. The molecule has 0 radical (unpaired) electrons. The normalized spacial score (nSPS) is 17.4. The third kappa shape index (κ3) is 2.57. The number of halogens is 1. The van der Waals surface area contributed by atoms with Gasteiger partial charge in [0, 0.05) is 11.7 Å². The summed E-state index contributed by atoms with van der Waals surface area (Å²) >= 11 is 5.89. The molecule has 3 N–H and O–H groups in total. The van der Waals surface area contributed by atoms with Crippen LogP contribution in [-0.2, 0) is 0 Å². The van der Waals surface area contributed by atoms with E-state index in [4.69, 9.17) is 11.6 Å². The van der Waals surface area contributed by atoms with Crippen LogP contribution in [0, 0.1) is 6.92 Å². The van der Waals surface area contributed by atoms with Gasteiger partial charge in [-0.3, -0.25) is 4.79 Å². The van der Waals surface area contributed by atoms with Gasteiger partial charge in [0.25, 0.3) is 5.91 Å². The van der Waals surface area contributed by atoms with Gasteiger partial charge in [-0.1, -0.05) is 11.6 Å². The van der Waals surface area contributed by atoms with E-state index in [2.05, 4.69) is 15.6 Å². The molecule has 88 valence electrons. The molecule has 0 aromatic carbocycles. The van der Waals surface area contributed by atoms with Crippen LogP contribution >= 0.6 is 11.6 Å². The van der Waals surface area contributed by atoms with Gasteiger partial charge < -0.3 is 15.6 Å². The zero-order valence-electron chi connectivity index (χ0n) is 9.27. The molecule has 5 heteroatoms. The molecule has 1 aromatic rings. The van der Waals surface area contributed by atoms with Gasteiger partial charge in [-0.05, 0) is 38.9 Å². The molecule has 0 spiro atoms. The number of H-pyrrole nitrogens is 1. The van der Waals surface area contributed by atoms with E-state index >= 15 is 0 Å². The first-order valence-electron chi connectivity index (χ1n) is 5.53. The van der Waals surface area contributed by atoms with Crippen LogP contribution in [0.5, 0.6) is 0 Å². The highest BCUT2D eigenvalue weighted by molar-refractivity contribution is 6.31. The van der Waals surface area contributed by atoms with Crippen molar-refractivity contribution in [2.24, 2.45) is 0 Å². The largest absolute Gasteiger partial charge is 0.353 e. The average molecular weight is 242 g/mol. The lowest BCUT2D eigenvalue weighted by Crippen LogP contribution is -2.42. The summed E-state index contributed by atoms with van der Waals surface area (Å²) in [5.41, 5.74) is 1.37. The summed E-state index contributed by atoms with van der Waals surface area (Å²) in [6.07, 6.45) is 1.97. The lowest BCUT2D eigenvalue weighted by Gasteiger charge is -2.23. The smallest absolute Gasteiger partial charge is 0.267 e. The molecule has 4 nitrogen and oxygen atoms in total. The predicted molar refractivity (Wildman–Crippen MR) is 63.9 cm³/mol. The number of rotatable bonds is 2. The number of carbonyl (C=O) groups excluding carboxylic acids is 1. The zero-order chi connectivity index (χ0) is 11.5. The Balaban J connectivity index is 1.96. The second kappa shape index (κ2) is 4.89. The fourth-order valence-corrected chi connectivity index (χ4v) is 2.04. The van der Waals surface area contributed by atoms with Crippen molar-refractivity contribution < 1.29 is 4.79 Å². The summed E-state index contributed by atoms with van der Waals surface area (Å²) in [5, 5.41) is 6.87. The van der Waals surface area contributed by atoms with Crippen molar-refractivity contribution in [3.05, 3.63) is 22.5 Å². The maximum Gasteiger partial charge on any atom is 0.267 e. The minimum absolute atomic E-state index is 0.0677. The van der Waals surface area contributed by atoms with E-state index < -0.39 is 0 Å². The monoisotopic (exact) mass is 241 g/mol. The highest BCUT2D eigenvalue weighted by atomic mass is 35.5. The molecule has 1 aliphatic rings. The van der Waals surface area contributed by atoms with Crippen molar-refractivity contribution in [1.82, 2.24) is 15.6 Å². The SMILES string of the molecule is Cc1[nH]c(C(=O)NC2CCNCC2)cc1Cl. The molecule has 0 unspecified atom stereocenters. The molecule has 16 heavy (non-hydrogen) atoms. The highest BCUT2D eigenvalue weighted by Gasteiger charge is 2.17. The second-order valence-corrected chi connectivity index (χ2v) is 4.56. The van der Waals surface area contributed by atoms with E-state index in [1.54, 1.807) is 6.07 Å². The van der Waals surface area contributed by atoms with E-state index in [1.807, 2.05) is 6.92 Å². The van der Waals surface area contributed by atoms with Gasteiger partial charge in [0.15, 0.2) is 0 Å². The van der Waals surface area contributed by atoms with Crippen LogP contribution < -0.4 is 10.6 Å². The van der Waals surface area contributed by atoms with Crippen molar-refractivity contribution in [3.63, 3.8) is 0 Å². The highest BCUT2D eigenvalue weighted by Crippen LogP contribution is 2.16. The summed E-state index contributed by atoms with van der Waals surface area (Å²) in [4.78, 5) is 14.8. The standard InChI is InChI=1S/C11H16ClN3O/c1-7-9(12)6-10(14-7)11(16)15-8-2-4-13-5-3-8/h6,8,13-14H,2-5H2,1H3,(H,15,16). The molecule has 2 rings (SSSR count). The zero-order valence-corrected chi connectivity index (χ0v) is 10.0. The van der Waals surface area contributed by atoms with E-state index in [0.717, 1.165) is 31.6 Å². The van der Waals surface area contributed by atoms with Crippen molar-refractivity contribution in [3.8, 4) is 0 Å². The molecular weight excluding hydrogens is 226 g/mol. The first kappa shape index (κ1) is 11.5. The van der Waals surface area contributed by atoms with E-state index in [0.29, 0.717) is 10.7 Å². The molecule has 0 atom stereocenters. The third-order valence-corrected chi connectivity index (χ3v) is 3.26. The van der Waals surface area contributed by atoms with Gasteiger partial charge in [0.2, 0.25) is 0 Å². The molecule has 1 amide bonds. The number of aromatic amines is 1. The Bertz CT molecular complexity index is 363. The summed E-state index contributed by atoms with van der Waals surface area (Å²) < 4.78 is 0. The Labute approximate surface area is 99.8 Å². The molecule has 1 aromatic heterocycles. The second-order valence-electron chi connectivity index (χ2n) is 4.15. The van der Waals surface area contributed by atoms with E-state index in [-0.39, 0.29) is 11.9 Å². The van der Waals surface area contributed by atoms with Gasteiger partial charge in [0.1, 0.15) is 5.69 Å². The van der Waals surface area contributed by atoms with Crippen LogP contribution in [0.2, 0.25) is 5.02 Å². The van der Waals surface area contributed by atoms with Gasteiger partial charge in [0.05, 0.1) is 5.02 Å². The number of hydrogen-bond donors (Lipinski definition) is 3. The van der Waals surface area contributed by atoms with Crippen LogP contribution in [0.4, 0.5) is 0 Å². The van der Waals surface area contributed by atoms with Gasteiger partial charge in [-0.15, -0.1) is 0 Å². The van der Waals surface area contributed by atoms with E-state index in [1.165, 1.54) is 0 Å². The fourth-order valence-electron chi connectivity index (χ4n) is 1.88. The minimum Gasteiger partial charge on any atom is -0.353 e. The summed E-state index contributed by atoms with van der Waals surface area (Å²) in [6.45, 7) is 3.79. The molecule has 1 saturated heterocycles. The Morgan fingerprint density at radius 3 is 2.75 bits per heavy atom. The lowest BCUT2D eigenvalue weighted by molar-refractivity contribution is 0.0925. The maximum absolute atomic E-state index is 11.9. The molecule has 2 heterocycles. The fraction of sp³-hybridized carbons (Fsp3) is 0.545. The number of nitrogens with one attached hydrogen (secondary N) is 3. The summed E-state index contributed by atoms with van der Waals surface area (Å²) in [5.74, 6) is -0.0677. The third-order valence-electron chi connectivity index (χ3n) is 2.87. The quantitative estimate of drug-likeness (QED) is 0.734. The number of hydrogen-bond acceptors (Lipinski definition) is 2. The Kier molecular flexibility index (Phi) is 3.51. The van der Waals surface area contributed by atoms with Crippen molar-refractivity contribution in [1.29, 1.82) is 0 Å².